The number of hydrogen-bond acceptors (Lipinski definition) is 3. The summed E-state index contributed by atoms with van der Waals surface area (Å²) in [6.07, 6.45) is 1.16. The Labute approximate surface area is 159 Å². The molecule has 3 aromatic carbocycles. The van der Waals surface area contributed by atoms with Crippen molar-refractivity contribution in [3.63, 3.8) is 0 Å². The van der Waals surface area contributed by atoms with Gasteiger partial charge in [0.15, 0.2) is 0 Å². The molecule has 0 saturated carbocycles. The van der Waals surface area contributed by atoms with Crippen LogP contribution in [0.3, 0.4) is 0 Å². The van der Waals surface area contributed by atoms with Gasteiger partial charge < -0.3 is 4.42 Å². The van der Waals surface area contributed by atoms with E-state index in [2.05, 4.69) is 60.4 Å². The Hall–Kier alpha value is -3.20. The van der Waals surface area contributed by atoms with Crippen LogP contribution in [0.5, 0.6) is 0 Å². The molecule has 0 N–H and O–H groups in total. The molecule has 134 valence electrons. The second kappa shape index (κ2) is 7.58. The summed E-state index contributed by atoms with van der Waals surface area (Å²) in [6, 6.07) is 26.9. The third-order valence-electron chi connectivity index (χ3n) is 5.00. The van der Waals surface area contributed by atoms with Crippen LogP contribution in [0.1, 0.15) is 31.7 Å². The Morgan fingerprint density at radius 3 is 1.70 bits per heavy atom. The average Bonchev–Trinajstić information content (AvgIpc) is 3.24. The summed E-state index contributed by atoms with van der Waals surface area (Å²) in [5, 5.41) is 8.35. The minimum absolute atomic E-state index is 0.535. The van der Waals surface area contributed by atoms with E-state index in [1.165, 1.54) is 16.7 Å². The predicted molar refractivity (Wildman–Crippen MR) is 109 cm³/mol. The molecule has 0 saturated heterocycles. The maximum atomic E-state index is 5.83. The fourth-order valence-electron chi connectivity index (χ4n) is 3.08. The fraction of sp³-hybridized carbons (Fsp3) is 0.167. The van der Waals surface area contributed by atoms with Crippen LogP contribution < -0.4 is 0 Å². The lowest BCUT2D eigenvalue weighted by Crippen LogP contribution is -1.90. The van der Waals surface area contributed by atoms with Gasteiger partial charge >= 0.3 is 0 Å². The van der Waals surface area contributed by atoms with Gasteiger partial charge in [-0.2, -0.15) is 0 Å². The summed E-state index contributed by atoms with van der Waals surface area (Å²) in [7, 11) is 0. The van der Waals surface area contributed by atoms with Crippen LogP contribution in [0, 0.1) is 0 Å². The molecule has 0 amide bonds. The summed E-state index contributed by atoms with van der Waals surface area (Å²) >= 11 is 0. The average molecular weight is 354 g/mol. The molecule has 1 aromatic heterocycles. The molecule has 4 aromatic rings. The van der Waals surface area contributed by atoms with Crippen LogP contribution in [0.2, 0.25) is 0 Å². The van der Waals surface area contributed by atoms with Crippen molar-refractivity contribution in [3.05, 3.63) is 84.4 Å². The summed E-state index contributed by atoms with van der Waals surface area (Å²) in [5.41, 5.74) is 5.62. The number of hydrogen-bond donors (Lipinski definition) is 0. The molecule has 27 heavy (non-hydrogen) atoms. The molecule has 4 rings (SSSR count). The van der Waals surface area contributed by atoms with Gasteiger partial charge in [0, 0.05) is 11.1 Å². The van der Waals surface area contributed by atoms with E-state index >= 15 is 0 Å². The molecule has 1 atom stereocenters. The van der Waals surface area contributed by atoms with Crippen LogP contribution in [-0.2, 0) is 0 Å². The summed E-state index contributed by atoms with van der Waals surface area (Å²) in [4.78, 5) is 0. The molecule has 0 aliphatic rings. The van der Waals surface area contributed by atoms with Crippen molar-refractivity contribution in [1.29, 1.82) is 0 Å². The van der Waals surface area contributed by atoms with Crippen LogP contribution in [0.25, 0.3) is 34.0 Å². The largest absolute Gasteiger partial charge is 0.416 e. The fourth-order valence-corrected chi connectivity index (χ4v) is 3.08. The van der Waals surface area contributed by atoms with Gasteiger partial charge in [-0.15, -0.1) is 10.2 Å². The number of benzene rings is 3. The predicted octanol–water partition coefficient (Wildman–Crippen LogP) is 6.58. The SMILES string of the molecule is CCC(C)c1ccc(-c2ccc(-c3nnc(-c4ccccc4)o3)cc2)cc1. The molecule has 0 fully saturated rings. The van der Waals surface area contributed by atoms with E-state index in [4.69, 9.17) is 4.42 Å². The minimum Gasteiger partial charge on any atom is -0.416 e. The molecular weight excluding hydrogens is 332 g/mol. The molecule has 0 radical (unpaired) electrons. The lowest BCUT2D eigenvalue weighted by Gasteiger charge is -2.10. The summed E-state index contributed by atoms with van der Waals surface area (Å²) < 4.78 is 5.83. The van der Waals surface area contributed by atoms with Gasteiger partial charge in [0.1, 0.15) is 0 Å². The van der Waals surface area contributed by atoms with Crippen molar-refractivity contribution in [2.45, 2.75) is 26.2 Å². The third-order valence-corrected chi connectivity index (χ3v) is 5.00. The van der Waals surface area contributed by atoms with E-state index in [1.807, 2.05) is 42.5 Å². The Balaban J connectivity index is 1.55. The highest BCUT2D eigenvalue weighted by atomic mass is 16.4. The monoisotopic (exact) mass is 354 g/mol. The first-order valence-electron chi connectivity index (χ1n) is 9.34. The van der Waals surface area contributed by atoms with Crippen molar-refractivity contribution in [2.24, 2.45) is 0 Å². The molecule has 1 heterocycles. The van der Waals surface area contributed by atoms with Crippen LogP contribution >= 0.6 is 0 Å². The van der Waals surface area contributed by atoms with E-state index in [-0.39, 0.29) is 0 Å². The van der Waals surface area contributed by atoms with E-state index in [0.717, 1.165) is 17.5 Å². The smallest absolute Gasteiger partial charge is 0.248 e. The number of aromatic nitrogens is 2. The van der Waals surface area contributed by atoms with E-state index in [0.29, 0.717) is 17.7 Å². The zero-order valence-corrected chi connectivity index (χ0v) is 15.6. The Bertz CT molecular complexity index is 1000. The highest BCUT2D eigenvalue weighted by molar-refractivity contribution is 5.68. The molecule has 0 spiro atoms. The lowest BCUT2D eigenvalue weighted by molar-refractivity contribution is 0.584. The maximum Gasteiger partial charge on any atom is 0.248 e. The Morgan fingerprint density at radius 1 is 0.667 bits per heavy atom. The standard InChI is InChI=1S/C24H22N2O/c1-3-17(2)18-9-11-19(12-10-18)20-13-15-22(16-14-20)24-26-25-23(27-24)21-7-5-4-6-8-21/h4-17H,3H2,1-2H3. The molecule has 1 unspecified atom stereocenters. The van der Waals surface area contributed by atoms with E-state index in [9.17, 15) is 0 Å². The molecular formula is C24H22N2O. The first-order chi connectivity index (χ1) is 13.2. The molecule has 0 bridgehead atoms. The van der Waals surface area contributed by atoms with Gasteiger partial charge in [0.05, 0.1) is 0 Å². The summed E-state index contributed by atoms with van der Waals surface area (Å²) in [6.45, 7) is 4.48. The van der Waals surface area contributed by atoms with Crippen molar-refractivity contribution < 1.29 is 4.42 Å². The first kappa shape index (κ1) is 17.2. The normalized spacial score (nSPS) is 12.1. The molecule has 3 heteroatoms. The molecule has 0 aliphatic carbocycles. The molecule has 3 nitrogen and oxygen atoms in total. The van der Waals surface area contributed by atoms with E-state index < -0.39 is 0 Å². The highest BCUT2D eigenvalue weighted by Crippen LogP contribution is 2.28. The lowest BCUT2D eigenvalue weighted by atomic mass is 9.95. The second-order valence-corrected chi connectivity index (χ2v) is 6.79. The van der Waals surface area contributed by atoms with Crippen molar-refractivity contribution >= 4 is 0 Å². The van der Waals surface area contributed by atoms with Crippen molar-refractivity contribution in [3.8, 4) is 34.0 Å². The minimum atomic E-state index is 0.535. The zero-order chi connectivity index (χ0) is 18.6. The van der Waals surface area contributed by atoms with Crippen LogP contribution in [0.15, 0.2) is 83.3 Å². The van der Waals surface area contributed by atoms with Gasteiger partial charge in [-0.25, -0.2) is 0 Å². The maximum absolute atomic E-state index is 5.83. The van der Waals surface area contributed by atoms with Gasteiger partial charge in [-0.3, -0.25) is 0 Å². The highest BCUT2D eigenvalue weighted by Gasteiger charge is 2.10. The van der Waals surface area contributed by atoms with Gasteiger partial charge in [-0.05, 0) is 53.3 Å². The van der Waals surface area contributed by atoms with E-state index in [1.54, 1.807) is 0 Å². The number of nitrogens with zero attached hydrogens (tertiary/aromatic N) is 2. The van der Waals surface area contributed by atoms with Gasteiger partial charge in [0.2, 0.25) is 11.8 Å². The third kappa shape index (κ3) is 3.68. The zero-order valence-electron chi connectivity index (χ0n) is 15.6. The van der Waals surface area contributed by atoms with Crippen LogP contribution in [-0.4, -0.2) is 10.2 Å². The topological polar surface area (TPSA) is 38.9 Å². The van der Waals surface area contributed by atoms with Gasteiger partial charge in [0.25, 0.3) is 0 Å². The van der Waals surface area contributed by atoms with Crippen molar-refractivity contribution in [2.75, 3.05) is 0 Å². The second-order valence-electron chi connectivity index (χ2n) is 6.79. The van der Waals surface area contributed by atoms with Crippen molar-refractivity contribution in [1.82, 2.24) is 10.2 Å². The van der Waals surface area contributed by atoms with Crippen LogP contribution in [0.4, 0.5) is 0 Å². The summed E-state index contributed by atoms with van der Waals surface area (Å²) in [5.74, 6) is 1.67. The quantitative estimate of drug-likeness (QED) is 0.406. The number of rotatable bonds is 5. The van der Waals surface area contributed by atoms with Gasteiger partial charge in [-0.1, -0.05) is 68.4 Å². The Kier molecular flexibility index (Phi) is 4.84. The Morgan fingerprint density at radius 2 is 1.15 bits per heavy atom. The first-order valence-corrected chi connectivity index (χ1v) is 9.34. The molecule has 0 aliphatic heterocycles.